The van der Waals surface area contributed by atoms with E-state index in [0.717, 1.165) is 5.92 Å². The van der Waals surface area contributed by atoms with E-state index in [9.17, 15) is 0 Å². The zero-order valence-corrected chi connectivity index (χ0v) is 10.1. The third kappa shape index (κ3) is 4.08. The van der Waals surface area contributed by atoms with Crippen LogP contribution >= 0.6 is 0 Å². The molecule has 0 amide bonds. The van der Waals surface area contributed by atoms with Crippen molar-refractivity contribution in [3.8, 4) is 0 Å². The summed E-state index contributed by atoms with van der Waals surface area (Å²) in [6.45, 7) is 6.33. The highest BCUT2D eigenvalue weighted by molar-refractivity contribution is 5.79. The highest BCUT2D eigenvalue weighted by Gasteiger charge is 2.21. The lowest BCUT2D eigenvalue weighted by atomic mass is 10.0. The summed E-state index contributed by atoms with van der Waals surface area (Å²) in [5.41, 5.74) is 2.63. The van der Waals surface area contributed by atoms with Gasteiger partial charge < -0.3 is 5.32 Å². The molecule has 1 rings (SSSR count). The van der Waals surface area contributed by atoms with Gasteiger partial charge in [-0.1, -0.05) is 12.8 Å². The molecule has 0 heterocycles. The summed E-state index contributed by atoms with van der Waals surface area (Å²) in [5, 5.41) is 3.20. The molecule has 0 aromatic heterocycles. The molecule has 0 aromatic rings. The number of hydrazine groups is 1. The van der Waals surface area contributed by atoms with Gasteiger partial charge in [0.2, 0.25) is 5.96 Å². The summed E-state index contributed by atoms with van der Waals surface area (Å²) in [6.07, 6.45) is 5.33. The first-order valence-corrected chi connectivity index (χ1v) is 5.94. The fourth-order valence-electron chi connectivity index (χ4n) is 2.14. The van der Waals surface area contributed by atoms with Crippen LogP contribution in [0.3, 0.4) is 0 Å². The molecule has 1 aliphatic rings. The van der Waals surface area contributed by atoms with Crippen LogP contribution in [-0.2, 0) is 0 Å². The Bertz CT molecular complexity index is 207. The molecule has 1 aliphatic carbocycles. The van der Waals surface area contributed by atoms with E-state index in [1.165, 1.54) is 25.7 Å². The van der Waals surface area contributed by atoms with Crippen molar-refractivity contribution >= 4 is 5.96 Å². The van der Waals surface area contributed by atoms with Crippen molar-refractivity contribution in [1.29, 1.82) is 0 Å². The summed E-state index contributed by atoms with van der Waals surface area (Å²) in [6, 6.07) is 0.723. The first-order valence-electron chi connectivity index (χ1n) is 5.94. The predicted molar refractivity (Wildman–Crippen MR) is 64.4 cm³/mol. The van der Waals surface area contributed by atoms with Crippen molar-refractivity contribution < 1.29 is 0 Å². The monoisotopic (exact) mass is 212 g/mol. The first kappa shape index (κ1) is 12.3. The number of nitrogens with zero attached hydrogens (tertiary/aromatic N) is 1. The molecule has 15 heavy (non-hydrogen) atoms. The number of hydrogen-bond donors (Lipinski definition) is 3. The van der Waals surface area contributed by atoms with Gasteiger partial charge in [0.1, 0.15) is 0 Å². The van der Waals surface area contributed by atoms with Gasteiger partial charge in [-0.05, 0) is 39.5 Å². The maximum atomic E-state index is 5.42. The second-order valence-electron chi connectivity index (χ2n) is 4.71. The van der Waals surface area contributed by atoms with Crippen molar-refractivity contribution in [3.63, 3.8) is 0 Å². The molecular weight excluding hydrogens is 188 g/mol. The number of nitrogens with two attached hydrogens (primary N) is 1. The summed E-state index contributed by atoms with van der Waals surface area (Å²) < 4.78 is 0. The Morgan fingerprint density at radius 3 is 2.33 bits per heavy atom. The molecule has 0 bridgehead atoms. The Morgan fingerprint density at radius 1 is 1.27 bits per heavy atom. The van der Waals surface area contributed by atoms with E-state index in [1.807, 2.05) is 0 Å². The third-order valence-corrected chi connectivity index (χ3v) is 2.98. The summed E-state index contributed by atoms with van der Waals surface area (Å²) in [5.74, 6) is 6.88. The molecule has 0 radical (unpaired) electrons. The van der Waals surface area contributed by atoms with E-state index in [1.54, 1.807) is 0 Å². The van der Waals surface area contributed by atoms with Crippen LogP contribution in [0.25, 0.3) is 0 Å². The van der Waals surface area contributed by atoms with Crippen LogP contribution in [0.15, 0.2) is 4.99 Å². The minimum Gasteiger partial charge on any atom is -0.353 e. The van der Waals surface area contributed by atoms with Gasteiger partial charge in [-0.3, -0.25) is 5.43 Å². The number of nitrogens with one attached hydrogen (secondary N) is 2. The molecule has 0 aromatic carbocycles. The molecule has 1 fully saturated rings. The van der Waals surface area contributed by atoms with Gasteiger partial charge >= 0.3 is 0 Å². The summed E-state index contributed by atoms with van der Waals surface area (Å²) in [7, 11) is 0. The average Bonchev–Trinajstić information content (AvgIpc) is 2.68. The molecule has 0 saturated heterocycles. The Kier molecular flexibility index (Phi) is 4.88. The smallest absolute Gasteiger partial charge is 0.206 e. The van der Waals surface area contributed by atoms with Gasteiger partial charge in [0.05, 0.1) is 6.04 Å². The molecule has 88 valence electrons. The van der Waals surface area contributed by atoms with Crippen LogP contribution in [0.2, 0.25) is 0 Å². The molecule has 0 aliphatic heterocycles. The van der Waals surface area contributed by atoms with Gasteiger partial charge in [-0.15, -0.1) is 0 Å². The third-order valence-electron chi connectivity index (χ3n) is 2.98. The maximum absolute atomic E-state index is 5.42. The Hall–Kier alpha value is -0.770. The van der Waals surface area contributed by atoms with Gasteiger partial charge in [0.25, 0.3) is 0 Å². The van der Waals surface area contributed by atoms with Gasteiger partial charge in [-0.2, -0.15) is 0 Å². The zero-order valence-electron chi connectivity index (χ0n) is 10.1. The minimum atomic E-state index is 0.357. The van der Waals surface area contributed by atoms with Crippen molar-refractivity contribution in [2.45, 2.75) is 58.5 Å². The summed E-state index contributed by atoms with van der Waals surface area (Å²) >= 11 is 0. The quantitative estimate of drug-likeness (QED) is 0.287. The number of aliphatic imine (C=N–C) groups is 1. The Balaban J connectivity index is 2.49. The molecule has 1 saturated carbocycles. The minimum absolute atomic E-state index is 0.357. The second-order valence-corrected chi connectivity index (χ2v) is 4.71. The fraction of sp³-hybridized carbons (Fsp3) is 0.909. The van der Waals surface area contributed by atoms with Crippen LogP contribution in [0.5, 0.6) is 0 Å². The van der Waals surface area contributed by atoms with Gasteiger partial charge in [0, 0.05) is 6.04 Å². The molecule has 0 spiro atoms. The van der Waals surface area contributed by atoms with Gasteiger partial charge in [0.15, 0.2) is 0 Å². The zero-order chi connectivity index (χ0) is 11.3. The largest absolute Gasteiger partial charge is 0.353 e. The standard InChI is InChI=1S/C11H24N4/c1-8(2)13-11(15-12)14-9(3)10-6-4-5-7-10/h8-10H,4-7,12H2,1-3H3,(H2,13,14,15). The van der Waals surface area contributed by atoms with E-state index in [2.05, 4.69) is 36.5 Å². The van der Waals surface area contributed by atoms with Crippen LogP contribution in [0, 0.1) is 5.92 Å². The number of guanidine groups is 1. The number of hydrogen-bond acceptors (Lipinski definition) is 2. The van der Waals surface area contributed by atoms with Crippen molar-refractivity contribution in [2.24, 2.45) is 16.8 Å². The second kappa shape index (κ2) is 5.95. The fourth-order valence-corrected chi connectivity index (χ4v) is 2.14. The SMILES string of the molecule is CC(C)NC(=NC(C)C1CCCC1)NN. The van der Waals surface area contributed by atoms with E-state index >= 15 is 0 Å². The lowest BCUT2D eigenvalue weighted by Gasteiger charge is -2.18. The normalized spacial score (nSPS) is 20.7. The van der Waals surface area contributed by atoms with Crippen molar-refractivity contribution in [2.75, 3.05) is 0 Å². The molecule has 1 unspecified atom stereocenters. The highest BCUT2D eigenvalue weighted by Crippen LogP contribution is 2.28. The maximum Gasteiger partial charge on any atom is 0.206 e. The average molecular weight is 212 g/mol. The van der Waals surface area contributed by atoms with Crippen LogP contribution in [-0.4, -0.2) is 18.0 Å². The topological polar surface area (TPSA) is 62.4 Å². The van der Waals surface area contributed by atoms with E-state index < -0.39 is 0 Å². The van der Waals surface area contributed by atoms with Crippen LogP contribution in [0.4, 0.5) is 0 Å². The molecular formula is C11H24N4. The first-order chi connectivity index (χ1) is 7.13. The molecule has 4 N–H and O–H groups in total. The Morgan fingerprint density at radius 2 is 1.87 bits per heavy atom. The van der Waals surface area contributed by atoms with E-state index in [-0.39, 0.29) is 0 Å². The molecule has 4 heteroatoms. The van der Waals surface area contributed by atoms with Gasteiger partial charge in [-0.25, -0.2) is 10.8 Å². The predicted octanol–water partition coefficient (Wildman–Crippen LogP) is 1.38. The molecule has 4 nitrogen and oxygen atoms in total. The van der Waals surface area contributed by atoms with Crippen LogP contribution < -0.4 is 16.6 Å². The summed E-state index contributed by atoms with van der Waals surface area (Å²) in [4.78, 5) is 4.59. The van der Waals surface area contributed by atoms with E-state index in [0.29, 0.717) is 18.0 Å². The lowest BCUT2D eigenvalue weighted by Crippen LogP contribution is -2.45. The van der Waals surface area contributed by atoms with E-state index in [4.69, 9.17) is 5.84 Å². The molecule has 1 atom stereocenters. The van der Waals surface area contributed by atoms with Crippen molar-refractivity contribution in [1.82, 2.24) is 10.7 Å². The highest BCUT2D eigenvalue weighted by atomic mass is 15.3. The van der Waals surface area contributed by atoms with Crippen molar-refractivity contribution in [3.05, 3.63) is 0 Å². The number of rotatable bonds is 3. The lowest BCUT2D eigenvalue weighted by molar-refractivity contribution is 0.456. The van der Waals surface area contributed by atoms with Crippen LogP contribution in [0.1, 0.15) is 46.5 Å². The Labute approximate surface area is 92.7 Å².